The monoisotopic (exact) mass is 467 g/mol. The minimum absolute atomic E-state index is 0.0504. The SMILES string of the molecule is Cc1ncc(C#Cc2c(C)ncnc2N2CCOCC2)cc1NS(=O)(=O)c1cn(C)c(C)n1. The lowest BCUT2D eigenvalue weighted by Gasteiger charge is -2.28. The lowest BCUT2D eigenvalue weighted by atomic mass is 10.1. The predicted octanol–water partition coefficient (Wildman–Crippen LogP) is 1.57. The first-order valence-corrected chi connectivity index (χ1v) is 11.9. The fraction of sp³-hybridized carbons (Fsp3) is 0.364. The van der Waals surface area contributed by atoms with Crippen LogP contribution in [0.1, 0.15) is 28.3 Å². The van der Waals surface area contributed by atoms with Gasteiger partial charge in [0, 0.05) is 38.1 Å². The number of hydrogen-bond donors (Lipinski definition) is 1. The third-order valence-electron chi connectivity index (χ3n) is 5.35. The Hall–Kier alpha value is -3.49. The van der Waals surface area contributed by atoms with E-state index in [4.69, 9.17) is 4.74 Å². The zero-order chi connectivity index (χ0) is 23.6. The number of rotatable bonds is 4. The van der Waals surface area contributed by atoms with E-state index >= 15 is 0 Å². The number of nitrogens with zero attached hydrogens (tertiary/aromatic N) is 6. The molecule has 33 heavy (non-hydrogen) atoms. The van der Waals surface area contributed by atoms with Gasteiger partial charge in [-0.05, 0) is 26.8 Å². The molecule has 3 aromatic heterocycles. The second-order valence-corrected chi connectivity index (χ2v) is 9.34. The Balaban J connectivity index is 1.64. The Morgan fingerprint density at radius 1 is 1.06 bits per heavy atom. The number of imidazole rings is 1. The molecule has 4 rings (SSSR count). The third kappa shape index (κ3) is 4.97. The van der Waals surface area contributed by atoms with E-state index in [-0.39, 0.29) is 5.03 Å². The Morgan fingerprint density at radius 2 is 1.82 bits per heavy atom. The van der Waals surface area contributed by atoms with E-state index in [1.54, 1.807) is 37.7 Å². The molecule has 0 saturated carbocycles. The second-order valence-electron chi connectivity index (χ2n) is 7.71. The van der Waals surface area contributed by atoms with Gasteiger partial charge in [0.25, 0.3) is 10.0 Å². The summed E-state index contributed by atoms with van der Waals surface area (Å²) in [5.41, 5.74) is 2.94. The van der Waals surface area contributed by atoms with Gasteiger partial charge in [0.2, 0.25) is 0 Å². The van der Waals surface area contributed by atoms with Gasteiger partial charge in [0.15, 0.2) is 5.03 Å². The van der Waals surface area contributed by atoms with Gasteiger partial charge in [-0.1, -0.05) is 11.8 Å². The van der Waals surface area contributed by atoms with E-state index in [9.17, 15) is 8.42 Å². The lowest BCUT2D eigenvalue weighted by molar-refractivity contribution is 0.122. The summed E-state index contributed by atoms with van der Waals surface area (Å²) in [6.45, 7) is 8.09. The highest BCUT2D eigenvalue weighted by Crippen LogP contribution is 2.21. The first-order valence-electron chi connectivity index (χ1n) is 10.4. The highest BCUT2D eigenvalue weighted by molar-refractivity contribution is 7.92. The molecular formula is C22H25N7O3S. The summed E-state index contributed by atoms with van der Waals surface area (Å²) in [6, 6.07) is 1.66. The molecule has 0 spiro atoms. The Kier molecular flexibility index (Phi) is 6.31. The molecule has 1 aliphatic heterocycles. The summed E-state index contributed by atoms with van der Waals surface area (Å²) < 4.78 is 35.2. The molecule has 0 unspecified atom stereocenters. The Morgan fingerprint density at radius 3 is 2.52 bits per heavy atom. The molecule has 1 saturated heterocycles. The van der Waals surface area contributed by atoms with E-state index in [1.165, 1.54) is 12.5 Å². The summed E-state index contributed by atoms with van der Waals surface area (Å²) in [6.07, 6.45) is 4.61. The van der Waals surface area contributed by atoms with Crippen molar-refractivity contribution in [3.05, 3.63) is 53.1 Å². The fourth-order valence-electron chi connectivity index (χ4n) is 3.31. The number of ether oxygens (including phenoxy) is 1. The number of anilines is 2. The van der Waals surface area contributed by atoms with Gasteiger partial charge in [0.1, 0.15) is 18.0 Å². The molecule has 1 N–H and O–H groups in total. The molecule has 0 bridgehead atoms. The first kappa shape index (κ1) is 22.7. The van der Waals surface area contributed by atoms with E-state index < -0.39 is 10.0 Å². The van der Waals surface area contributed by atoms with Crippen molar-refractivity contribution in [1.29, 1.82) is 0 Å². The van der Waals surface area contributed by atoms with Crippen LogP contribution in [0.4, 0.5) is 11.5 Å². The number of pyridine rings is 1. The van der Waals surface area contributed by atoms with Crippen LogP contribution < -0.4 is 9.62 Å². The van der Waals surface area contributed by atoms with E-state index in [0.29, 0.717) is 36.0 Å². The molecule has 0 radical (unpaired) electrons. The number of aromatic nitrogens is 5. The summed E-state index contributed by atoms with van der Waals surface area (Å²) in [7, 11) is -2.12. The minimum atomic E-state index is -3.86. The van der Waals surface area contributed by atoms with Crippen LogP contribution in [-0.2, 0) is 21.8 Å². The molecule has 172 valence electrons. The van der Waals surface area contributed by atoms with Crippen LogP contribution in [-0.4, -0.2) is 59.2 Å². The van der Waals surface area contributed by atoms with Crippen LogP contribution in [0.2, 0.25) is 0 Å². The van der Waals surface area contributed by atoms with Crippen LogP contribution in [0, 0.1) is 32.6 Å². The number of aryl methyl sites for hydroxylation is 4. The largest absolute Gasteiger partial charge is 0.378 e. The van der Waals surface area contributed by atoms with Gasteiger partial charge >= 0.3 is 0 Å². The normalized spacial score (nSPS) is 14.0. The Bertz CT molecular complexity index is 1330. The average molecular weight is 468 g/mol. The van der Waals surface area contributed by atoms with Crippen LogP contribution in [0.15, 0.2) is 29.8 Å². The number of morpholine rings is 1. The maximum atomic E-state index is 12.8. The second kappa shape index (κ2) is 9.17. The van der Waals surface area contributed by atoms with Crippen molar-refractivity contribution in [3.63, 3.8) is 0 Å². The maximum Gasteiger partial charge on any atom is 0.281 e. The molecule has 11 heteroatoms. The van der Waals surface area contributed by atoms with Gasteiger partial charge in [-0.3, -0.25) is 9.71 Å². The zero-order valence-electron chi connectivity index (χ0n) is 19.0. The summed E-state index contributed by atoms with van der Waals surface area (Å²) in [4.78, 5) is 19.3. The van der Waals surface area contributed by atoms with Crippen LogP contribution in [0.25, 0.3) is 0 Å². The highest BCUT2D eigenvalue weighted by Gasteiger charge is 2.20. The number of nitrogens with one attached hydrogen (secondary N) is 1. The third-order valence-corrected chi connectivity index (χ3v) is 6.59. The van der Waals surface area contributed by atoms with Crippen LogP contribution in [0.5, 0.6) is 0 Å². The molecular weight excluding hydrogens is 442 g/mol. The molecule has 4 heterocycles. The van der Waals surface area contributed by atoms with Crippen molar-refractivity contribution in [2.24, 2.45) is 7.05 Å². The van der Waals surface area contributed by atoms with Gasteiger partial charge in [-0.2, -0.15) is 8.42 Å². The fourth-order valence-corrected chi connectivity index (χ4v) is 4.46. The maximum absolute atomic E-state index is 12.8. The quantitative estimate of drug-likeness (QED) is 0.575. The number of hydrogen-bond acceptors (Lipinski definition) is 8. The van der Waals surface area contributed by atoms with Crippen molar-refractivity contribution < 1.29 is 13.2 Å². The summed E-state index contributed by atoms with van der Waals surface area (Å²) in [5.74, 6) is 7.61. The Labute approximate surface area is 193 Å². The minimum Gasteiger partial charge on any atom is -0.378 e. The molecule has 1 fully saturated rings. The van der Waals surface area contributed by atoms with Crippen LogP contribution in [0.3, 0.4) is 0 Å². The van der Waals surface area contributed by atoms with Gasteiger partial charge in [0.05, 0.1) is 35.9 Å². The molecule has 0 aromatic carbocycles. The van der Waals surface area contributed by atoms with Crippen LogP contribution >= 0.6 is 0 Å². The smallest absolute Gasteiger partial charge is 0.281 e. The molecule has 0 atom stereocenters. The van der Waals surface area contributed by atoms with Gasteiger partial charge in [-0.25, -0.2) is 15.0 Å². The predicted molar refractivity (Wildman–Crippen MR) is 124 cm³/mol. The van der Waals surface area contributed by atoms with Crippen molar-refractivity contribution in [1.82, 2.24) is 24.5 Å². The topological polar surface area (TPSA) is 115 Å². The van der Waals surface area contributed by atoms with Crippen molar-refractivity contribution in [2.75, 3.05) is 35.9 Å². The lowest BCUT2D eigenvalue weighted by Crippen LogP contribution is -2.37. The molecule has 0 amide bonds. The average Bonchev–Trinajstić information content (AvgIpc) is 3.14. The van der Waals surface area contributed by atoms with Gasteiger partial charge < -0.3 is 14.2 Å². The summed E-state index contributed by atoms with van der Waals surface area (Å²) >= 11 is 0. The molecule has 3 aromatic rings. The standard InChI is InChI=1S/C22H25N7O3S/c1-15-19(22(25-14-24-15)29-7-9-32-10-8-29)6-5-18-11-20(16(2)23-12-18)27-33(30,31)21-13-28(4)17(3)26-21/h11-14,27H,7-10H2,1-4H3. The molecule has 0 aliphatic carbocycles. The molecule has 10 nitrogen and oxygen atoms in total. The number of sulfonamides is 1. The van der Waals surface area contributed by atoms with Crippen molar-refractivity contribution in [3.8, 4) is 11.8 Å². The van der Waals surface area contributed by atoms with Crippen molar-refractivity contribution in [2.45, 2.75) is 25.8 Å². The first-order chi connectivity index (χ1) is 15.7. The van der Waals surface area contributed by atoms with Crippen molar-refractivity contribution >= 4 is 21.5 Å². The van der Waals surface area contributed by atoms with E-state index in [0.717, 1.165) is 30.2 Å². The molecule has 1 aliphatic rings. The van der Waals surface area contributed by atoms with E-state index in [2.05, 4.69) is 41.4 Å². The van der Waals surface area contributed by atoms with E-state index in [1.807, 2.05) is 6.92 Å². The zero-order valence-corrected chi connectivity index (χ0v) is 19.8. The highest BCUT2D eigenvalue weighted by atomic mass is 32.2. The summed E-state index contributed by atoms with van der Waals surface area (Å²) in [5, 5.41) is -0.0504. The van der Waals surface area contributed by atoms with Gasteiger partial charge in [-0.15, -0.1) is 0 Å².